The summed E-state index contributed by atoms with van der Waals surface area (Å²) < 4.78 is 0. The number of rotatable bonds is 3. The molecule has 0 aromatic heterocycles. The van der Waals surface area contributed by atoms with Crippen LogP contribution in [-0.2, 0) is 0 Å². The molecule has 0 fully saturated rings. The summed E-state index contributed by atoms with van der Waals surface area (Å²) in [6.45, 7) is 8.52. The lowest BCUT2D eigenvalue weighted by atomic mass is 9.87. The molecule has 0 bridgehead atoms. The third-order valence-corrected chi connectivity index (χ3v) is 3.63. The maximum absolute atomic E-state index is 5.67. The standard InChI is InChI=1S/C13H19NS/c1-8-5-6-12(7-9(8)2)10(3)11(4)13(14)15/h5-7,10-11H,1-4H3,(H2,14,15). The largest absolute Gasteiger partial charge is 0.393 e. The maximum Gasteiger partial charge on any atom is 0.0761 e. The number of hydrogen-bond acceptors (Lipinski definition) is 1. The Balaban J connectivity index is 2.96. The minimum Gasteiger partial charge on any atom is -0.393 e. The Morgan fingerprint density at radius 3 is 2.27 bits per heavy atom. The Hall–Kier alpha value is -0.890. The summed E-state index contributed by atoms with van der Waals surface area (Å²) in [7, 11) is 0. The van der Waals surface area contributed by atoms with Gasteiger partial charge in [0, 0.05) is 5.92 Å². The van der Waals surface area contributed by atoms with Crippen molar-refractivity contribution in [3.05, 3.63) is 34.9 Å². The van der Waals surface area contributed by atoms with E-state index in [1.807, 2.05) is 0 Å². The molecule has 0 radical (unpaired) electrons. The Labute approximate surface area is 97.7 Å². The van der Waals surface area contributed by atoms with Crippen LogP contribution in [0.1, 0.15) is 36.5 Å². The van der Waals surface area contributed by atoms with Gasteiger partial charge < -0.3 is 5.73 Å². The number of benzene rings is 1. The van der Waals surface area contributed by atoms with Gasteiger partial charge in [0.2, 0.25) is 0 Å². The fraction of sp³-hybridized carbons (Fsp3) is 0.462. The molecule has 15 heavy (non-hydrogen) atoms. The summed E-state index contributed by atoms with van der Waals surface area (Å²) >= 11 is 5.03. The third kappa shape index (κ3) is 2.78. The van der Waals surface area contributed by atoms with Crippen molar-refractivity contribution in [3.8, 4) is 0 Å². The number of hydrogen-bond donors (Lipinski definition) is 1. The van der Waals surface area contributed by atoms with Crippen LogP contribution in [-0.4, -0.2) is 4.99 Å². The number of aryl methyl sites for hydroxylation is 2. The van der Waals surface area contributed by atoms with Crippen molar-refractivity contribution < 1.29 is 0 Å². The molecule has 2 atom stereocenters. The fourth-order valence-corrected chi connectivity index (χ4v) is 1.79. The number of thiocarbonyl (C=S) groups is 1. The van der Waals surface area contributed by atoms with E-state index in [1.54, 1.807) is 0 Å². The monoisotopic (exact) mass is 221 g/mol. The van der Waals surface area contributed by atoms with Crippen LogP contribution in [0.3, 0.4) is 0 Å². The smallest absolute Gasteiger partial charge is 0.0761 e. The Morgan fingerprint density at radius 2 is 1.80 bits per heavy atom. The lowest BCUT2D eigenvalue weighted by Gasteiger charge is -2.20. The zero-order valence-electron chi connectivity index (χ0n) is 9.87. The molecule has 2 N–H and O–H groups in total. The van der Waals surface area contributed by atoms with Gasteiger partial charge in [-0.25, -0.2) is 0 Å². The summed E-state index contributed by atoms with van der Waals surface area (Å²) in [6, 6.07) is 6.56. The van der Waals surface area contributed by atoms with Crippen molar-refractivity contribution in [2.24, 2.45) is 11.7 Å². The fourth-order valence-electron chi connectivity index (χ4n) is 1.58. The van der Waals surface area contributed by atoms with Crippen molar-refractivity contribution in [2.75, 3.05) is 0 Å². The Bertz CT molecular complexity index is 371. The second-order valence-electron chi connectivity index (χ2n) is 4.32. The van der Waals surface area contributed by atoms with Gasteiger partial charge in [-0.2, -0.15) is 0 Å². The molecular weight excluding hydrogens is 202 g/mol. The van der Waals surface area contributed by atoms with Crippen molar-refractivity contribution in [1.29, 1.82) is 0 Å². The maximum atomic E-state index is 5.67. The first-order chi connectivity index (χ1) is 6.93. The Morgan fingerprint density at radius 1 is 1.20 bits per heavy atom. The van der Waals surface area contributed by atoms with Crippen LogP contribution < -0.4 is 5.73 Å². The highest BCUT2D eigenvalue weighted by atomic mass is 32.1. The average Bonchev–Trinajstić information content (AvgIpc) is 2.19. The lowest BCUT2D eigenvalue weighted by Crippen LogP contribution is -2.23. The summed E-state index contributed by atoms with van der Waals surface area (Å²) in [5.74, 6) is 0.643. The van der Waals surface area contributed by atoms with Crippen LogP contribution in [0.15, 0.2) is 18.2 Å². The van der Waals surface area contributed by atoms with E-state index in [4.69, 9.17) is 18.0 Å². The van der Waals surface area contributed by atoms with Crippen LogP contribution >= 0.6 is 12.2 Å². The summed E-state index contributed by atoms with van der Waals surface area (Å²) in [4.78, 5) is 0.598. The molecule has 0 amide bonds. The van der Waals surface area contributed by atoms with Crippen LogP contribution in [0.2, 0.25) is 0 Å². The van der Waals surface area contributed by atoms with Gasteiger partial charge in [0.15, 0.2) is 0 Å². The molecule has 82 valence electrons. The van der Waals surface area contributed by atoms with Gasteiger partial charge in [0.1, 0.15) is 0 Å². The van der Waals surface area contributed by atoms with Crippen molar-refractivity contribution >= 4 is 17.2 Å². The zero-order chi connectivity index (χ0) is 11.6. The van der Waals surface area contributed by atoms with Crippen molar-refractivity contribution in [1.82, 2.24) is 0 Å². The van der Waals surface area contributed by atoms with E-state index in [0.717, 1.165) is 0 Å². The molecule has 0 saturated carbocycles. The number of nitrogens with two attached hydrogens (primary N) is 1. The highest BCUT2D eigenvalue weighted by Crippen LogP contribution is 2.25. The van der Waals surface area contributed by atoms with Crippen LogP contribution in [0.4, 0.5) is 0 Å². The quantitative estimate of drug-likeness (QED) is 0.792. The first-order valence-corrected chi connectivity index (χ1v) is 5.70. The predicted octanol–water partition coefficient (Wildman–Crippen LogP) is 3.33. The van der Waals surface area contributed by atoms with E-state index in [1.165, 1.54) is 16.7 Å². The summed E-state index contributed by atoms with van der Waals surface area (Å²) in [5, 5.41) is 0. The second-order valence-corrected chi connectivity index (χ2v) is 4.79. The molecular formula is C13H19NS. The molecule has 1 rings (SSSR count). The van der Waals surface area contributed by atoms with Gasteiger partial charge in [-0.3, -0.25) is 0 Å². The van der Waals surface area contributed by atoms with E-state index in [2.05, 4.69) is 45.9 Å². The van der Waals surface area contributed by atoms with Crippen molar-refractivity contribution in [3.63, 3.8) is 0 Å². The summed E-state index contributed by atoms with van der Waals surface area (Å²) in [6.07, 6.45) is 0. The molecule has 1 nitrogen and oxygen atoms in total. The minimum atomic E-state index is 0.252. The van der Waals surface area contributed by atoms with E-state index in [0.29, 0.717) is 10.9 Å². The van der Waals surface area contributed by atoms with Gasteiger partial charge in [0.25, 0.3) is 0 Å². The van der Waals surface area contributed by atoms with Gasteiger partial charge in [-0.1, -0.05) is 44.3 Å². The van der Waals surface area contributed by atoms with E-state index >= 15 is 0 Å². The molecule has 0 aliphatic carbocycles. The first kappa shape index (κ1) is 12.2. The topological polar surface area (TPSA) is 26.0 Å². The highest BCUT2D eigenvalue weighted by Gasteiger charge is 2.16. The van der Waals surface area contributed by atoms with E-state index in [-0.39, 0.29) is 5.92 Å². The van der Waals surface area contributed by atoms with E-state index < -0.39 is 0 Å². The molecule has 0 spiro atoms. The first-order valence-electron chi connectivity index (χ1n) is 5.30. The van der Waals surface area contributed by atoms with Gasteiger partial charge in [-0.15, -0.1) is 0 Å². The Kier molecular flexibility index (Phi) is 3.86. The molecule has 1 aromatic rings. The molecule has 0 aliphatic rings. The third-order valence-electron chi connectivity index (χ3n) is 3.26. The van der Waals surface area contributed by atoms with Crippen LogP contribution in [0.5, 0.6) is 0 Å². The molecule has 2 heteroatoms. The van der Waals surface area contributed by atoms with Crippen LogP contribution in [0, 0.1) is 19.8 Å². The van der Waals surface area contributed by atoms with Gasteiger partial charge >= 0.3 is 0 Å². The molecule has 0 heterocycles. The average molecular weight is 221 g/mol. The lowest BCUT2D eigenvalue weighted by molar-refractivity contribution is 0.626. The summed E-state index contributed by atoms with van der Waals surface area (Å²) in [5.41, 5.74) is 9.65. The normalized spacial score (nSPS) is 14.7. The van der Waals surface area contributed by atoms with E-state index in [9.17, 15) is 0 Å². The van der Waals surface area contributed by atoms with Gasteiger partial charge in [-0.05, 0) is 36.5 Å². The molecule has 0 saturated heterocycles. The molecule has 0 aliphatic heterocycles. The molecule has 2 unspecified atom stereocenters. The second kappa shape index (κ2) is 4.75. The highest BCUT2D eigenvalue weighted by molar-refractivity contribution is 7.80. The predicted molar refractivity (Wildman–Crippen MR) is 70.3 cm³/mol. The zero-order valence-corrected chi connectivity index (χ0v) is 10.7. The van der Waals surface area contributed by atoms with Crippen molar-refractivity contribution in [2.45, 2.75) is 33.6 Å². The minimum absolute atomic E-state index is 0.252. The van der Waals surface area contributed by atoms with Crippen LogP contribution in [0.25, 0.3) is 0 Å². The molecule has 1 aromatic carbocycles. The van der Waals surface area contributed by atoms with Gasteiger partial charge in [0.05, 0.1) is 4.99 Å². The SMILES string of the molecule is Cc1ccc(C(C)C(C)C(N)=S)cc1C.